The quantitative estimate of drug-likeness (QED) is 0.866. The van der Waals surface area contributed by atoms with E-state index in [1.54, 1.807) is 19.1 Å². The zero-order valence-corrected chi connectivity index (χ0v) is 16.2. The lowest BCUT2D eigenvalue weighted by molar-refractivity contribution is 0.0720. The molecule has 2 heterocycles. The SMILES string of the molecule is CCC1(NC(=O)c2c(C)cc(C3COc4ccccc4O3)oc2=O)CCCC1. The molecule has 1 saturated carbocycles. The van der Waals surface area contributed by atoms with E-state index in [0.29, 0.717) is 22.8 Å². The van der Waals surface area contributed by atoms with Crippen LogP contribution in [-0.4, -0.2) is 18.1 Å². The number of rotatable bonds is 4. The van der Waals surface area contributed by atoms with Gasteiger partial charge in [0.25, 0.3) is 5.91 Å². The van der Waals surface area contributed by atoms with Crippen LogP contribution in [0.2, 0.25) is 0 Å². The van der Waals surface area contributed by atoms with Crippen molar-refractivity contribution in [3.8, 4) is 11.5 Å². The normalized spacial score (nSPS) is 20.0. The van der Waals surface area contributed by atoms with Gasteiger partial charge in [0, 0.05) is 5.54 Å². The molecule has 1 atom stereocenters. The minimum absolute atomic E-state index is 0.0700. The summed E-state index contributed by atoms with van der Waals surface area (Å²) in [4.78, 5) is 25.5. The lowest BCUT2D eigenvalue weighted by atomic mass is 9.93. The van der Waals surface area contributed by atoms with Crippen molar-refractivity contribution in [2.75, 3.05) is 6.61 Å². The summed E-state index contributed by atoms with van der Waals surface area (Å²) in [5.41, 5.74) is -0.200. The van der Waals surface area contributed by atoms with Crippen molar-refractivity contribution in [2.24, 2.45) is 0 Å². The first kappa shape index (κ1) is 18.6. The molecule has 28 heavy (non-hydrogen) atoms. The van der Waals surface area contributed by atoms with Gasteiger partial charge in [-0.15, -0.1) is 0 Å². The highest BCUT2D eigenvalue weighted by atomic mass is 16.6. The summed E-state index contributed by atoms with van der Waals surface area (Å²) in [6.45, 7) is 4.06. The Labute approximate surface area is 163 Å². The predicted octanol–water partition coefficient (Wildman–Crippen LogP) is 3.91. The van der Waals surface area contributed by atoms with Crippen LogP contribution in [0.25, 0.3) is 0 Å². The molecule has 1 unspecified atom stereocenters. The third-order valence-corrected chi connectivity index (χ3v) is 5.84. The Kier molecular flexibility index (Phi) is 4.87. The van der Waals surface area contributed by atoms with Gasteiger partial charge in [-0.1, -0.05) is 31.9 Å². The largest absolute Gasteiger partial charge is 0.485 e. The summed E-state index contributed by atoms with van der Waals surface area (Å²) in [6, 6.07) is 9.05. The predicted molar refractivity (Wildman–Crippen MR) is 104 cm³/mol. The maximum absolute atomic E-state index is 12.8. The molecule has 4 rings (SSSR count). The molecule has 1 aromatic carbocycles. The Morgan fingerprint density at radius 1 is 1.21 bits per heavy atom. The van der Waals surface area contributed by atoms with Gasteiger partial charge in [0.05, 0.1) is 0 Å². The molecule has 6 nitrogen and oxygen atoms in total. The highest BCUT2D eigenvalue weighted by molar-refractivity contribution is 5.95. The minimum atomic E-state index is -0.640. The number of aryl methyl sites for hydroxylation is 1. The van der Waals surface area contributed by atoms with Crippen LogP contribution in [0.5, 0.6) is 11.5 Å². The van der Waals surface area contributed by atoms with E-state index in [2.05, 4.69) is 12.2 Å². The third-order valence-electron chi connectivity index (χ3n) is 5.84. The molecular formula is C22H25NO5. The first-order valence-electron chi connectivity index (χ1n) is 9.87. The zero-order chi connectivity index (χ0) is 19.7. The van der Waals surface area contributed by atoms with Crippen molar-refractivity contribution in [1.29, 1.82) is 0 Å². The Morgan fingerprint density at radius 2 is 1.93 bits per heavy atom. The van der Waals surface area contributed by atoms with Gasteiger partial charge in [0.2, 0.25) is 0 Å². The van der Waals surface area contributed by atoms with Gasteiger partial charge in [-0.3, -0.25) is 4.79 Å². The third kappa shape index (κ3) is 3.39. The molecule has 148 valence electrons. The molecule has 0 bridgehead atoms. The van der Waals surface area contributed by atoms with Crippen molar-refractivity contribution >= 4 is 5.91 Å². The van der Waals surface area contributed by atoms with E-state index in [1.165, 1.54) is 0 Å². The van der Waals surface area contributed by atoms with Gasteiger partial charge in [-0.05, 0) is 49.9 Å². The van der Waals surface area contributed by atoms with Crippen molar-refractivity contribution in [3.63, 3.8) is 0 Å². The highest BCUT2D eigenvalue weighted by Gasteiger charge is 2.35. The van der Waals surface area contributed by atoms with Gasteiger partial charge in [0.1, 0.15) is 12.2 Å². The van der Waals surface area contributed by atoms with Crippen molar-refractivity contribution in [3.05, 3.63) is 57.6 Å². The molecule has 1 N–H and O–H groups in total. The number of carbonyl (C=O) groups is 1. The van der Waals surface area contributed by atoms with Crippen LogP contribution in [-0.2, 0) is 0 Å². The van der Waals surface area contributed by atoms with Crippen LogP contribution in [0.1, 0.15) is 66.8 Å². The van der Waals surface area contributed by atoms with E-state index >= 15 is 0 Å². The number of benzene rings is 1. The van der Waals surface area contributed by atoms with Gasteiger partial charge in [-0.25, -0.2) is 4.79 Å². The smallest absolute Gasteiger partial charge is 0.349 e. The minimum Gasteiger partial charge on any atom is -0.485 e. The number of ether oxygens (including phenoxy) is 2. The number of hydrogen-bond donors (Lipinski definition) is 1. The van der Waals surface area contributed by atoms with Gasteiger partial charge in [0.15, 0.2) is 23.4 Å². The molecule has 1 aromatic heterocycles. The Morgan fingerprint density at radius 3 is 2.61 bits per heavy atom. The number of fused-ring (bicyclic) bond motifs is 1. The Hall–Kier alpha value is -2.76. The summed E-state index contributed by atoms with van der Waals surface area (Å²) in [5, 5.41) is 3.10. The zero-order valence-electron chi connectivity index (χ0n) is 16.2. The molecule has 1 aliphatic heterocycles. The summed E-state index contributed by atoms with van der Waals surface area (Å²) in [7, 11) is 0. The lowest BCUT2D eigenvalue weighted by Gasteiger charge is -2.29. The first-order valence-corrected chi connectivity index (χ1v) is 9.87. The summed E-state index contributed by atoms with van der Waals surface area (Å²) in [5.74, 6) is 1.27. The molecule has 1 aliphatic carbocycles. The van der Waals surface area contributed by atoms with E-state index in [9.17, 15) is 9.59 Å². The summed E-state index contributed by atoms with van der Waals surface area (Å²) in [6.07, 6.45) is 4.42. The molecule has 0 saturated heterocycles. The van der Waals surface area contributed by atoms with Crippen molar-refractivity contribution in [1.82, 2.24) is 5.32 Å². The molecule has 6 heteroatoms. The molecule has 2 aliphatic rings. The van der Waals surface area contributed by atoms with Crippen LogP contribution in [0.3, 0.4) is 0 Å². The van der Waals surface area contributed by atoms with E-state index in [-0.39, 0.29) is 23.6 Å². The van der Waals surface area contributed by atoms with Crippen LogP contribution in [0.15, 0.2) is 39.5 Å². The Bertz CT molecular complexity index is 942. The standard InChI is InChI=1S/C22H25NO5/c1-3-22(10-6-7-11-22)23-20(24)19-14(2)12-17(28-21(19)25)18-13-26-15-8-4-5-9-16(15)27-18/h4-5,8-9,12,18H,3,6-7,10-11,13H2,1-2H3,(H,23,24). The molecule has 1 amide bonds. The van der Waals surface area contributed by atoms with Crippen LogP contribution < -0.4 is 20.4 Å². The fourth-order valence-electron chi connectivity index (χ4n) is 4.15. The average molecular weight is 383 g/mol. The number of nitrogens with one attached hydrogen (secondary N) is 1. The van der Waals surface area contributed by atoms with E-state index in [0.717, 1.165) is 32.1 Å². The second-order valence-electron chi connectivity index (χ2n) is 7.65. The van der Waals surface area contributed by atoms with Crippen LogP contribution in [0, 0.1) is 6.92 Å². The van der Waals surface area contributed by atoms with Crippen molar-refractivity contribution < 1.29 is 18.7 Å². The number of amides is 1. The van der Waals surface area contributed by atoms with Crippen LogP contribution >= 0.6 is 0 Å². The molecule has 0 radical (unpaired) electrons. The molecule has 0 spiro atoms. The first-order chi connectivity index (χ1) is 13.5. The molecular weight excluding hydrogens is 358 g/mol. The fraction of sp³-hybridized carbons (Fsp3) is 0.455. The van der Waals surface area contributed by atoms with E-state index in [4.69, 9.17) is 13.9 Å². The molecule has 2 aromatic rings. The van der Waals surface area contributed by atoms with E-state index < -0.39 is 11.7 Å². The van der Waals surface area contributed by atoms with Gasteiger partial charge >= 0.3 is 5.63 Å². The maximum atomic E-state index is 12.8. The fourth-order valence-corrected chi connectivity index (χ4v) is 4.15. The Balaban J connectivity index is 1.57. The maximum Gasteiger partial charge on any atom is 0.349 e. The second-order valence-corrected chi connectivity index (χ2v) is 7.65. The topological polar surface area (TPSA) is 77.8 Å². The molecule has 1 fully saturated rings. The van der Waals surface area contributed by atoms with Gasteiger partial charge < -0.3 is 19.2 Å². The highest BCUT2D eigenvalue weighted by Crippen LogP contribution is 2.36. The second kappa shape index (κ2) is 7.34. The lowest BCUT2D eigenvalue weighted by Crippen LogP contribution is -2.47. The number of para-hydroxylation sites is 2. The van der Waals surface area contributed by atoms with Crippen molar-refractivity contribution in [2.45, 2.75) is 57.6 Å². The number of hydrogen-bond acceptors (Lipinski definition) is 5. The summed E-state index contributed by atoms with van der Waals surface area (Å²) >= 11 is 0. The van der Waals surface area contributed by atoms with Crippen LogP contribution in [0.4, 0.5) is 0 Å². The average Bonchev–Trinajstić information content (AvgIpc) is 3.16. The number of carbonyl (C=O) groups excluding carboxylic acids is 1. The van der Waals surface area contributed by atoms with Gasteiger partial charge in [-0.2, -0.15) is 0 Å². The summed E-state index contributed by atoms with van der Waals surface area (Å²) < 4.78 is 17.1. The monoisotopic (exact) mass is 383 g/mol. The van der Waals surface area contributed by atoms with E-state index in [1.807, 2.05) is 18.2 Å².